The van der Waals surface area contributed by atoms with Crippen molar-refractivity contribution in [1.29, 1.82) is 0 Å². The van der Waals surface area contributed by atoms with Gasteiger partial charge in [0.15, 0.2) is 6.61 Å². The minimum atomic E-state index is 0.0371. The number of morpholine rings is 1. The lowest BCUT2D eigenvalue weighted by Gasteiger charge is -2.34. The second-order valence-electron chi connectivity index (χ2n) is 6.44. The van der Waals surface area contributed by atoms with Gasteiger partial charge in [-0.15, -0.1) is 0 Å². The highest BCUT2D eigenvalue weighted by atomic mass is 16.5. The molecule has 0 bridgehead atoms. The minimum Gasteiger partial charge on any atom is -0.482 e. The van der Waals surface area contributed by atoms with Crippen molar-refractivity contribution in [3.63, 3.8) is 0 Å². The summed E-state index contributed by atoms with van der Waals surface area (Å²) in [5, 5.41) is 0. The van der Waals surface area contributed by atoms with Gasteiger partial charge in [0.25, 0.3) is 5.91 Å². The Morgan fingerprint density at radius 3 is 2.83 bits per heavy atom. The van der Waals surface area contributed by atoms with E-state index in [9.17, 15) is 4.79 Å². The van der Waals surface area contributed by atoms with Crippen LogP contribution in [0.2, 0.25) is 0 Å². The molecule has 2 heterocycles. The van der Waals surface area contributed by atoms with Crippen LogP contribution in [0.1, 0.15) is 19.8 Å². The number of benzene rings is 1. The molecule has 0 saturated carbocycles. The number of amides is 1. The van der Waals surface area contributed by atoms with E-state index in [1.807, 2.05) is 23.1 Å². The zero-order chi connectivity index (χ0) is 16.1. The molecule has 126 valence electrons. The maximum atomic E-state index is 12.2. The number of para-hydroxylation sites is 2. The normalized spacial score (nSPS) is 22.0. The van der Waals surface area contributed by atoms with Crippen molar-refractivity contribution in [2.45, 2.75) is 19.8 Å². The topological polar surface area (TPSA) is 42.0 Å². The van der Waals surface area contributed by atoms with Crippen LogP contribution in [0, 0.1) is 5.92 Å². The van der Waals surface area contributed by atoms with Crippen molar-refractivity contribution in [2.75, 3.05) is 50.9 Å². The number of carbonyl (C=O) groups is 1. The second-order valence-corrected chi connectivity index (χ2v) is 6.44. The summed E-state index contributed by atoms with van der Waals surface area (Å²) in [5.41, 5.74) is 1.11. The number of rotatable bonds is 4. The molecule has 5 heteroatoms. The molecule has 3 rings (SSSR count). The van der Waals surface area contributed by atoms with Gasteiger partial charge in [-0.2, -0.15) is 0 Å². The Labute approximate surface area is 138 Å². The SMILES string of the molecule is C[C@H]1CCCN(c2ccccc2OCC(=O)N2CCOCC2)C1. The fourth-order valence-corrected chi connectivity index (χ4v) is 3.29. The molecule has 0 aliphatic carbocycles. The number of hydrogen-bond acceptors (Lipinski definition) is 4. The number of hydrogen-bond donors (Lipinski definition) is 0. The summed E-state index contributed by atoms with van der Waals surface area (Å²) in [6, 6.07) is 8.05. The van der Waals surface area contributed by atoms with Crippen molar-refractivity contribution in [3.8, 4) is 5.75 Å². The fourth-order valence-electron chi connectivity index (χ4n) is 3.29. The zero-order valence-corrected chi connectivity index (χ0v) is 13.9. The molecule has 2 aliphatic rings. The molecule has 1 aromatic rings. The first-order valence-corrected chi connectivity index (χ1v) is 8.56. The highest BCUT2D eigenvalue weighted by Crippen LogP contribution is 2.31. The van der Waals surface area contributed by atoms with Gasteiger partial charge in [0.2, 0.25) is 0 Å². The van der Waals surface area contributed by atoms with Gasteiger partial charge in [-0.25, -0.2) is 0 Å². The maximum Gasteiger partial charge on any atom is 0.260 e. The monoisotopic (exact) mass is 318 g/mol. The highest BCUT2D eigenvalue weighted by molar-refractivity contribution is 5.78. The van der Waals surface area contributed by atoms with Crippen molar-refractivity contribution >= 4 is 11.6 Å². The summed E-state index contributed by atoms with van der Waals surface area (Å²) in [6.07, 6.45) is 2.50. The third kappa shape index (κ3) is 4.16. The maximum absolute atomic E-state index is 12.2. The zero-order valence-electron chi connectivity index (χ0n) is 13.9. The van der Waals surface area contributed by atoms with E-state index in [4.69, 9.17) is 9.47 Å². The standard InChI is InChI=1S/C18H26N2O3/c1-15-5-4-8-20(13-15)16-6-2-3-7-17(16)23-14-18(21)19-9-11-22-12-10-19/h2-3,6-7,15H,4-5,8-14H2,1H3/t15-/m0/s1. The summed E-state index contributed by atoms with van der Waals surface area (Å²) < 4.78 is 11.1. The van der Waals surface area contributed by atoms with Crippen LogP contribution in [-0.4, -0.2) is 56.8 Å². The summed E-state index contributed by atoms with van der Waals surface area (Å²) in [7, 11) is 0. The lowest BCUT2D eigenvalue weighted by molar-refractivity contribution is -0.137. The molecule has 0 radical (unpaired) electrons. The van der Waals surface area contributed by atoms with E-state index < -0.39 is 0 Å². The number of piperidine rings is 1. The lowest BCUT2D eigenvalue weighted by atomic mass is 9.99. The van der Waals surface area contributed by atoms with Crippen LogP contribution in [0.5, 0.6) is 5.75 Å². The van der Waals surface area contributed by atoms with E-state index in [2.05, 4.69) is 17.9 Å². The molecule has 1 amide bonds. The van der Waals surface area contributed by atoms with Crippen molar-refractivity contribution < 1.29 is 14.3 Å². The molecule has 0 aromatic heterocycles. The van der Waals surface area contributed by atoms with E-state index in [0.29, 0.717) is 32.2 Å². The number of ether oxygens (including phenoxy) is 2. The molecule has 1 atom stereocenters. The molecule has 0 N–H and O–H groups in total. The third-order valence-electron chi connectivity index (χ3n) is 4.58. The largest absolute Gasteiger partial charge is 0.482 e. The van der Waals surface area contributed by atoms with Crippen LogP contribution in [0.25, 0.3) is 0 Å². The first-order chi connectivity index (χ1) is 11.2. The molecule has 5 nitrogen and oxygen atoms in total. The predicted molar refractivity (Wildman–Crippen MR) is 89.9 cm³/mol. The average molecular weight is 318 g/mol. The van der Waals surface area contributed by atoms with Crippen LogP contribution in [-0.2, 0) is 9.53 Å². The van der Waals surface area contributed by atoms with Crippen LogP contribution in [0.15, 0.2) is 24.3 Å². The molecule has 23 heavy (non-hydrogen) atoms. The first-order valence-electron chi connectivity index (χ1n) is 8.56. The van der Waals surface area contributed by atoms with E-state index in [1.54, 1.807) is 0 Å². The molecule has 2 saturated heterocycles. The molecule has 0 unspecified atom stereocenters. The van der Waals surface area contributed by atoms with Crippen molar-refractivity contribution in [2.24, 2.45) is 5.92 Å². The Morgan fingerprint density at radius 1 is 1.26 bits per heavy atom. The van der Waals surface area contributed by atoms with E-state index in [-0.39, 0.29) is 12.5 Å². The molecule has 2 aliphatic heterocycles. The Balaban J connectivity index is 1.62. The van der Waals surface area contributed by atoms with E-state index >= 15 is 0 Å². The van der Waals surface area contributed by atoms with Crippen molar-refractivity contribution in [1.82, 2.24) is 4.90 Å². The van der Waals surface area contributed by atoms with Crippen LogP contribution >= 0.6 is 0 Å². The summed E-state index contributed by atoms with van der Waals surface area (Å²) >= 11 is 0. The Morgan fingerprint density at radius 2 is 2.04 bits per heavy atom. The summed E-state index contributed by atoms with van der Waals surface area (Å²) in [5.74, 6) is 1.55. The van der Waals surface area contributed by atoms with Crippen molar-refractivity contribution in [3.05, 3.63) is 24.3 Å². The van der Waals surface area contributed by atoms with Gasteiger partial charge < -0.3 is 19.3 Å². The summed E-state index contributed by atoms with van der Waals surface area (Å²) in [4.78, 5) is 16.4. The second kappa shape index (κ2) is 7.68. The van der Waals surface area contributed by atoms with Gasteiger partial charge in [-0.05, 0) is 30.9 Å². The number of anilines is 1. The number of carbonyl (C=O) groups excluding carboxylic acids is 1. The smallest absolute Gasteiger partial charge is 0.260 e. The average Bonchev–Trinajstić information content (AvgIpc) is 2.60. The summed E-state index contributed by atoms with van der Waals surface area (Å²) in [6.45, 7) is 7.06. The highest BCUT2D eigenvalue weighted by Gasteiger charge is 2.21. The molecular formula is C18H26N2O3. The number of nitrogens with zero attached hydrogens (tertiary/aromatic N) is 2. The van der Waals surface area contributed by atoms with Gasteiger partial charge >= 0.3 is 0 Å². The van der Waals surface area contributed by atoms with E-state index in [0.717, 1.165) is 24.5 Å². The lowest BCUT2D eigenvalue weighted by Crippen LogP contribution is -2.43. The van der Waals surface area contributed by atoms with Gasteiger partial charge in [0.1, 0.15) is 5.75 Å². The quantitative estimate of drug-likeness (QED) is 0.853. The minimum absolute atomic E-state index is 0.0371. The molecule has 1 aromatic carbocycles. The Hall–Kier alpha value is -1.75. The third-order valence-corrected chi connectivity index (χ3v) is 4.58. The van der Waals surface area contributed by atoms with Gasteiger partial charge in [0.05, 0.1) is 18.9 Å². The molecule has 0 spiro atoms. The Kier molecular flexibility index (Phi) is 5.39. The fraction of sp³-hybridized carbons (Fsp3) is 0.611. The predicted octanol–water partition coefficient (Wildman–Crippen LogP) is 2.16. The van der Waals surface area contributed by atoms with Gasteiger partial charge in [0, 0.05) is 26.2 Å². The van der Waals surface area contributed by atoms with Crippen LogP contribution in [0.3, 0.4) is 0 Å². The van der Waals surface area contributed by atoms with E-state index in [1.165, 1.54) is 12.8 Å². The Bertz CT molecular complexity index is 529. The first kappa shape index (κ1) is 16.1. The molecular weight excluding hydrogens is 292 g/mol. The van der Waals surface area contributed by atoms with Gasteiger partial charge in [-0.1, -0.05) is 19.1 Å². The van der Waals surface area contributed by atoms with Crippen LogP contribution < -0.4 is 9.64 Å². The van der Waals surface area contributed by atoms with Crippen LogP contribution in [0.4, 0.5) is 5.69 Å². The van der Waals surface area contributed by atoms with Gasteiger partial charge in [-0.3, -0.25) is 4.79 Å². The molecule has 2 fully saturated rings.